The maximum absolute atomic E-state index is 13.2. The molecule has 2 aliphatic heterocycles. The maximum Gasteiger partial charge on any atom is 0.338 e. The molecule has 1 aromatic rings. The average Bonchev–Trinajstić information content (AvgIpc) is 2.72. The van der Waals surface area contributed by atoms with Gasteiger partial charge < -0.3 is 10.1 Å². The minimum absolute atomic E-state index is 0.212. The molecule has 1 unspecified atom stereocenters. The third kappa shape index (κ3) is 4.75. The van der Waals surface area contributed by atoms with Crippen LogP contribution in [0.2, 0.25) is 0 Å². The van der Waals surface area contributed by atoms with Gasteiger partial charge in [0.15, 0.2) is 0 Å². The summed E-state index contributed by atoms with van der Waals surface area (Å²) >= 11 is 0. The normalized spacial score (nSPS) is 20.8. The number of nitrogens with zero attached hydrogens (tertiary/aromatic N) is 2. The van der Waals surface area contributed by atoms with Gasteiger partial charge in [0.1, 0.15) is 0 Å². The zero-order chi connectivity index (χ0) is 21.7. The van der Waals surface area contributed by atoms with E-state index in [4.69, 9.17) is 4.74 Å². The average molecular weight is 412 g/mol. The largest absolute Gasteiger partial charge is 0.463 e. The molecule has 0 saturated carbocycles. The molecule has 0 radical (unpaired) electrons. The Labute approximate surface area is 179 Å². The highest BCUT2D eigenvalue weighted by atomic mass is 16.5. The van der Waals surface area contributed by atoms with Crippen LogP contribution >= 0.6 is 0 Å². The molecule has 1 fully saturated rings. The van der Waals surface area contributed by atoms with Crippen LogP contribution in [-0.2, 0) is 9.53 Å². The third-order valence-corrected chi connectivity index (χ3v) is 5.99. The molecule has 0 spiro atoms. The van der Waals surface area contributed by atoms with Crippen LogP contribution in [0.4, 0.5) is 4.79 Å². The lowest BCUT2D eigenvalue weighted by Gasteiger charge is -2.39. The van der Waals surface area contributed by atoms with Crippen molar-refractivity contribution in [3.05, 3.63) is 59.3 Å². The fraction of sp³-hybridized carbons (Fsp3) is 0.500. The van der Waals surface area contributed by atoms with E-state index in [2.05, 4.69) is 23.7 Å². The van der Waals surface area contributed by atoms with Crippen molar-refractivity contribution in [3.63, 3.8) is 0 Å². The van der Waals surface area contributed by atoms with Crippen LogP contribution in [-0.4, -0.2) is 54.6 Å². The second kappa shape index (κ2) is 9.94. The van der Waals surface area contributed by atoms with Gasteiger partial charge in [-0.25, -0.2) is 9.59 Å². The van der Waals surface area contributed by atoms with Crippen molar-refractivity contribution in [2.24, 2.45) is 5.92 Å². The van der Waals surface area contributed by atoms with Crippen LogP contribution in [0, 0.1) is 12.8 Å². The predicted molar refractivity (Wildman–Crippen MR) is 118 cm³/mol. The molecule has 0 bridgehead atoms. The van der Waals surface area contributed by atoms with Crippen LogP contribution < -0.4 is 5.32 Å². The molecular weight excluding hydrogens is 378 g/mol. The fourth-order valence-corrected chi connectivity index (χ4v) is 4.22. The van der Waals surface area contributed by atoms with Crippen LogP contribution in [0.5, 0.6) is 0 Å². The standard InChI is InChI=1S/C24H33N3O3/c1-5-13-27-20(16-26-14-11-17(3)12-15-26)21(23(28)30-6-2)22(25-24(27)29)19-10-8-7-9-18(19)4/h5,7-10,17,22H,1,6,11-16H2,2-4H3,(H,25,29). The summed E-state index contributed by atoms with van der Waals surface area (Å²) in [6, 6.07) is 7.10. The number of urea groups is 1. The number of rotatable bonds is 7. The summed E-state index contributed by atoms with van der Waals surface area (Å²) in [6.07, 6.45) is 3.93. The smallest absolute Gasteiger partial charge is 0.338 e. The zero-order valence-electron chi connectivity index (χ0n) is 18.3. The molecule has 30 heavy (non-hydrogen) atoms. The van der Waals surface area contributed by atoms with E-state index in [0.29, 0.717) is 24.6 Å². The van der Waals surface area contributed by atoms with Crippen LogP contribution in [0.3, 0.4) is 0 Å². The molecule has 0 aromatic heterocycles. The number of nitrogens with one attached hydrogen (secondary N) is 1. The summed E-state index contributed by atoms with van der Waals surface area (Å²) in [7, 11) is 0. The summed E-state index contributed by atoms with van der Waals surface area (Å²) in [5.41, 5.74) is 3.18. The first kappa shape index (κ1) is 22.1. The van der Waals surface area contributed by atoms with Crippen molar-refractivity contribution in [3.8, 4) is 0 Å². The molecule has 2 aliphatic rings. The van der Waals surface area contributed by atoms with E-state index in [9.17, 15) is 9.59 Å². The number of hydrogen-bond donors (Lipinski definition) is 1. The second-order valence-electron chi connectivity index (χ2n) is 8.18. The first-order valence-corrected chi connectivity index (χ1v) is 10.8. The summed E-state index contributed by atoms with van der Waals surface area (Å²) < 4.78 is 5.45. The molecule has 3 rings (SSSR count). The van der Waals surface area contributed by atoms with E-state index in [-0.39, 0.29) is 18.6 Å². The lowest BCUT2D eigenvalue weighted by molar-refractivity contribution is -0.139. The van der Waals surface area contributed by atoms with E-state index in [0.717, 1.165) is 42.8 Å². The lowest BCUT2D eigenvalue weighted by Crippen LogP contribution is -2.51. The highest BCUT2D eigenvalue weighted by Crippen LogP contribution is 2.34. The molecule has 1 saturated heterocycles. The first-order chi connectivity index (χ1) is 14.5. The summed E-state index contributed by atoms with van der Waals surface area (Å²) in [4.78, 5) is 30.2. The number of likely N-dealkylation sites (tertiary alicyclic amines) is 1. The Morgan fingerprint density at radius 2 is 2.00 bits per heavy atom. The molecule has 0 aliphatic carbocycles. The van der Waals surface area contributed by atoms with Crippen LogP contribution in [0.15, 0.2) is 48.2 Å². The van der Waals surface area contributed by atoms with Crippen molar-refractivity contribution in [1.82, 2.24) is 15.1 Å². The van der Waals surface area contributed by atoms with E-state index in [1.54, 1.807) is 17.9 Å². The van der Waals surface area contributed by atoms with Crippen LogP contribution in [0.1, 0.15) is 43.9 Å². The molecular formula is C24H33N3O3. The summed E-state index contributed by atoms with van der Waals surface area (Å²) in [5, 5.41) is 3.03. The zero-order valence-corrected chi connectivity index (χ0v) is 18.3. The minimum atomic E-state index is -0.530. The minimum Gasteiger partial charge on any atom is -0.463 e. The number of piperidine rings is 1. The molecule has 2 amide bonds. The van der Waals surface area contributed by atoms with Gasteiger partial charge in [-0.1, -0.05) is 37.3 Å². The van der Waals surface area contributed by atoms with E-state index < -0.39 is 6.04 Å². The second-order valence-corrected chi connectivity index (χ2v) is 8.18. The van der Waals surface area contributed by atoms with E-state index in [1.807, 2.05) is 31.2 Å². The quantitative estimate of drug-likeness (QED) is 0.548. The Bertz CT molecular complexity index is 825. The van der Waals surface area contributed by atoms with Gasteiger partial charge in [-0.2, -0.15) is 0 Å². The highest BCUT2D eigenvalue weighted by molar-refractivity contribution is 5.95. The van der Waals surface area contributed by atoms with Crippen LogP contribution in [0.25, 0.3) is 0 Å². The van der Waals surface area contributed by atoms with Gasteiger partial charge in [0.05, 0.1) is 18.2 Å². The van der Waals surface area contributed by atoms with Gasteiger partial charge in [-0.05, 0) is 56.8 Å². The Kier molecular flexibility index (Phi) is 7.32. The van der Waals surface area contributed by atoms with Crippen molar-refractivity contribution >= 4 is 12.0 Å². The van der Waals surface area contributed by atoms with Crippen molar-refractivity contribution < 1.29 is 14.3 Å². The predicted octanol–water partition coefficient (Wildman–Crippen LogP) is 3.80. The monoisotopic (exact) mass is 411 g/mol. The Morgan fingerprint density at radius 1 is 1.30 bits per heavy atom. The van der Waals surface area contributed by atoms with E-state index >= 15 is 0 Å². The number of esters is 1. The number of carbonyl (C=O) groups excluding carboxylic acids is 2. The van der Waals surface area contributed by atoms with Crippen molar-refractivity contribution in [2.75, 3.05) is 32.8 Å². The molecule has 6 heteroatoms. The Morgan fingerprint density at radius 3 is 2.63 bits per heavy atom. The number of carbonyl (C=O) groups is 2. The molecule has 6 nitrogen and oxygen atoms in total. The van der Waals surface area contributed by atoms with Crippen molar-refractivity contribution in [1.29, 1.82) is 0 Å². The highest BCUT2D eigenvalue weighted by Gasteiger charge is 2.39. The summed E-state index contributed by atoms with van der Waals surface area (Å²) in [5.74, 6) is 0.332. The number of benzene rings is 1. The third-order valence-electron chi connectivity index (χ3n) is 5.99. The lowest BCUT2D eigenvalue weighted by atomic mass is 9.91. The van der Waals surface area contributed by atoms with Gasteiger partial charge in [0.2, 0.25) is 0 Å². The van der Waals surface area contributed by atoms with Gasteiger partial charge >= 0.3 is 12.0 Å². The van der Waals surface area contributed by atoms with Gasteiger partial charge in [0.25, 0.3) is 0 Å². The molecule has 2 heterocycles. The van der Waals surface area contributed by atoms with Crippen molar-refractivity contribution in [2.45, 2.75) is 39.7 Å². The number of aryl methyl sites for hydroxylation is 1. The summed E-state index contributed by atoms with van der Waals surface area (Å²) in [6.45, 7) is 13.0. The topological polar surface area (TPSA) is 61.9 Å². The van der Waals surface area contributed by atoms with E-state index in [1.165, 1.54) is 0 Å². The molecule has 162 valence electrons. The fourth-order valence-electron chi connectivity index (χ4n) is 4.22. The SMILES string of the molecule is C=CCN1C(=O)NC(c2ccccc2C)C(C(=O)OCC)=C1CN1CCC(C)CC1. The Hall–Kier alpha value is -2.60. The first-order valence-electron chi connectivity index (χ1n) is 10.8. The Balaban J connectivity index is 2.09. The number of amides is 2. The van der Waals surface area contributed by atoms with Gasteiger partial charge in [-0.15, -0.1) is 6.58 Å². The van der Waals surface area contributed by atoms with Gasteiger partial charge in [-0.3, -0.25) is 9.80 Å². The molecule has 1 aromatic carbocycles. The number of ether oxygens (including phenoxy) is 1. The molecule has 1 N–H and O–H groups in total. The van der Waals surface area contributed by atoms with Gasteiger partial charge in [0, 0.05) is 18.8 Å². The maximum atomic E-state index is 13.2. The molecule has 1 atom stereocenters. The number of hydrogen-bond acceptors (Lipinski definition) is 4.